The van der Waals surface area contributed by atoms with Gasteiger partial charge in [0.25, 0.3) is 0 Å². The standard InChI is InChI=1S/C12H18O4/c1-9-8-10(11(13)16-9)4-3-5-12(2)14-6-7-15-12/h10H,1,3-8H2,2H3. The molecule has 2 saturated heterocycles. The van der Waals surface area contributed by atoms with Crippen molar-refractivity contribution in [3.05, 3.63) is 12.3 Å². The SMILES string of the molecule is C=C1CC(CCCC2(C)OCCO2)C(=O)O1. The van der Waals surface area contributed by atoms with E-state index in [-0.39, 0.29) is 11.9 Å². The molecule has 4 nitrogen and oxygen atoms in total. The van der Waals surface area contributed by atoms with Crippen LogP contribution in [0.2, 0.25) is 0 Å². The Morgan fingerprint density at radius 3 is 2.69 bits per heavy atom. The van der Waals surface area contributed by atoms with Crippen LogP contribution in [0.25, 0.3) is 0 Å². The van der Waals surface area contributed by atoms with E-state index in [9.17, 15) is 4.79 Å². The van der Waals surface area contributed by atoms with E-state index >= 15 is 0 Å². The number of ether oxygens (including phenoxy) is 3. The number of allylic oxidation sites excluding steroid dienone is 1. The van der Waals surface area contributed by atoms with E-state index in [1.54, 1.807) is 0 Å². The molecule has 0 aromatic heterocycles. The summed E-state index contributed by atoms with van der Waals surface area (Å²) in [6, 6.07) is 0. The summed E-state index contributed by atoms with van der Waals surface area (Å²) in [7, 11) is 0. The number of hydrogen-bond acceptors (Lipinski definition) is 4. The Hall–Kier alpha value is -0.870. The van der Waals surface area contributed by atoms with Gasteiger partial charge in [-0.1, -0.05) is 6.58 Å². The number of esters is 1. The monoisotopic (exact) mass is 226 g/mol. The van der Waals surface area contributed by atoms with Crippen LogP contribution in [0.5, 0.6) is 0 Å². The second kappa shape index (κ2) is 4.55. The zero-order valence-corrected chi connectivity index (χ0v) is 9.66. The smallest absolute Gasteiger partial charge is 0.314 e. The molecule has 90 valence electrons. The van der Waals surface area contributed by atoms with E-state index in [0.29, 0.717) is 25.4 Å². The first-order valence-corrected chi connectivity index (χ1v) is 5.76. The van der Waals surface area contributed by atoms with E-state index in [1.165, 1.54) is 0 Å². The van der Waals surface area contributed by atoms with Gasteiger partial charge in [0.05, 0.1) is 19.1 Å². The van der Waals surface area contributed by atoms with Crippen molar-refractivity contribution in [1.82, 2.24) is 0 Å². The summed E-state index contributed by atoms with van der Waals surface area (Å²) in [6.07, 6.45) is 3.21. The highest BCUT2D eigenvalue weighted by molar-refractivity contribution is 5.76. The van der Waals surface area contributed by atoms with Crippen LogP contribution in [-0.2, 0) is 19.0 Å². The van der Waals surface area contributed by atoms with Crippen LogP contribution >= 0.6 is 0 Å². The molecule has 2 rings (SSSR count). The van der Waals surface area contributed by atoms with Crippen molar-refractivity contribution in [2.45, 2.75) is 38.4 Å². The molecule has 4 heteroatoms. The van der Waals surface area contributed by atoms with Crippen molar-refractivity contribution < 1.29 is 19.0 Å². The molecule has 1 atom stereocenters. The first-order valence-electron chi connectivity index (χ1n) is 5.76. The number of carbonyl (C=O) groups excluding carboxylic acids is 1. The van der Waals surface area contributed by atoms with E-state index in [0.717, 1.165) is 19.3 Å². The van der Waals surface area contributed by atoms with Crippen molar-refractivity contribution in [2.75, 3.05) is 13.2 Å². The van der Waals surface area contributed by atoms with Crippen LogP contribution in [0, 0.1) is 5.92 Å². The molecule has 16 heavy (non-hydrogen) atoms. The van der Waals surface area contributed by atoms with Gasteiger partial charge in [0.1, 0.15) is 5.76 Å². The fourth-order valence-electron chi connectivity index (χ4n) is 2.22. The largest absolute Gasteiger partial charge is 0.431 e. The van der Waals surface area contributed by atoms with Crippen LogP contribution in [0.3, 0.4) is 0 Å². The lowest BCUT2D eigenvalue weighted by Gasteiger charge is -2.22. The molecular weight excluding hydrogens is 208 g/mol. The molecule has 2 fully saturated rings. The Kier molecular flexibility index (Phi) is 3.30. The average molecular weight is 226 g/mol. The fraction of sp³-hybridized carbons (Fsp3) is 0.750. The van der Waals surface area contributed by atoms with Gasteiger partial charge >= 0.3 is 5.97 Å². The van der Waals surface area contributed by atoms with Crippen molar-refractivity contribution in [3.8, 4) is 0 Å². The van der Waals surface area contributed by atoms with Gasteiger partial charge in [-0.25, -0.2) is 0 Å². The third kappa shape index (κ3) is 2.62. The van der Waals surface area contributed by atoms with E-state index in [1.807, 2.05) is 6.92 Å². The molecule has 0 aromatic rings. The van der Waals surface area contributed by atoms with Crippen molar-refractivity contribution in [3.63, 3.8) is 0 Å². The number of carbonyl (C=O) groups is 1. The molecular formula is C12H18O4. The fourth-order valence-corrected chi connectivity index (χ4v) is 2.22. The number of hydrogen-bond donors (Lipinski definition) is 0. The zero-order chi connectivity index (χ0) is 11.6. The van der Waals surface area contributed by atoms with Crippen LogP contribution in [0.1, 0.15) is 32.6 Å². The maximum Gasteiger partial charge on any atom is 0.314 e. The highest BCUT2D eigenvalue weighted by atomic mass is 16.7. The molecule has 0 saturated carbocycles. The van der Waals surface area contributed by atoms with Gasteiger partial charge in [0.2, 0.25) is 0 Å². The minimum atomic E-state index is -0.445. The highest BCUT2D eigenvalue weighted by Crippen LogP contribution is 2.30. The quantitative estimate of drug-likeness (QED) is 0.688. The molecule has 0 aromatic carbocycles. The van der Waals surface area contributed by atoms with Crippen LogP contribution in [0.15, 0.2) is 12.3 Å². The molecule has 0 bridgehead atoms. The summed E-state index contributed by atoms with van der Waals surface area (Å²) in [5.74, 6) is -0.00465. The Labute approximate surface area is 95.6 Å². The molecule has 2 aliphatic rings. The first-order chi connectivity index (χ1) is 7.59. The minimum Gasteiger partial charge on any atom is -0.431 e. The van der Waals surface area contributed by atoms with Crippen molar-refractivity contribution >= 4 is 5.97 Å². The molecule has 2 aliphatic heterocycles. The van der Waals surface area contributed by atoms with Crippen LogP contribution in [-0.4, -0.2) is 25.0 Å². The summed E-state index contributed by atoms with van der Waals surface area (Å²) < 4.78 is 15.9. The maximum atomic E-state index is 11.3. The Morgan fingerprint density at radius 1 is 1.44 bits per heavy atom. The van der Waals surface area contributed by atoms with Crippen LogP contribution < -0.4 is 0 Å². The van der Waals surface area contributed by atoms with Crippen molar-refractivity contribution in [1.29, 1.82) is 0 Å². The molecule has 1 unspecified atom stereocenters. The second-order valence-corrected chi connectivity index (χ2v) is 4.58. The lowest BCUT2D eigenvalue weighted by atomic mass is 9.98. The van der Waals surface area contributed by atoms with E-state index < -0.39 is 5.79 Å². The van der Waals surface area contributed by atoms with E-state index in [2.05, 4.69) is 6.58 Å². The normalized spacial score (nSPS) is 28.4. The maximum absolute atomic E-state index is 11.3. The molecule has 0 aliphatic carbocycles. The predicted octanol–water partition coefficient (Wildman–Crippen LogP) is 2.00. The Balaban J connectivity index is 1.72. The van der Waals surface area contributed by atoms with Gasteiger partial charge < -0.3 is 14.2 Å². The number of rotatable bonds is 4. The first kappa shape index (κ1) is 11.6. The highest BCUT2D eigenvalue weighted by Gasteiger charge is 2.33. The van der Waals surface area contributed by atoms with Gasteiger partial charge in [-0.2, -0.15) is 0 Å². The Morgan fingerprint density at radius 2 is 2.12 bits per heavy atom. The summed E-state index contributed by atoms with van der Waals surface area (Å²) in [5, 5.41) is 0. The van der Waals surface area contributed by atoms with Gasteiger partial charge in [0.15, 0.2) is 5.79 Å². The average Bonchev–Trinajstić information content (AvgIpc) is 2.75. The van der Waals surface area contributed by atoms with Gasteiger partial charge in [-0.15, -0.1) is 0 Å². The third-order valence-electron chi connectivity index (χ3n) is 3.13. The summed E-state index contributed by atoms with van der Waals surface area (Å²) in [6.45, 7) is 6.94. The lowest BCUT2D eigenvalue weighted by molar-refractivity contribution is -0.149. The third-order valence-corrected chi connectivity index (χ3v) is 3.13. The topological polar surface area (TPSA) is 44.8 Å². The second-order valence-electron chi connectivity index (χ2n) is 4.58. The molecule has 2 heterocycles. The number of cyclic esters (lactones) is 1. The van der Waals surface area contributed by atoms with Gasteiger partial charge in [0, 0.05) is 12.8 Å². The predicted molar refractivity (Wildman–Crippen MR) is 57.5 cm³/mol. The molecule has 0 N–H and O–H groups in total. The Bertz CT molecular complexity index is 291. The lowest BCUT2D eigenvalue weighted by Crippen LogP contribution is -2.25. The van der Waals surface area contributed by atoms with Crippen molar-refractivity contribution in [2.24, 2.45) is 5.92 Å². The van der Waals surface area contributed by atoms with Gasteiger partial charge in [-0.05, 0) is 19.8 Å². The zero-order valence-electron chi connectivity index (χ0n) is 9.66. The molecule has 0 radical (unpaired) electrons. The summed E-state index contributed by atoms with van der Waals surface area (Å²) in [4.78, 5) is 11.3. The van der Waals surface area contributed by atoms with E-state index in [4.69, 9.17) is 14.2 Å². The van der Waals surface area contributed by atoms with Crippen LogP contribution in [0.4, 0.5) is 0 Å². The van der Waals surface area contributed by atoms with Gasteiger partial charge in [-0.3, -0.25) is 4.79 Å². The minimum absolute atomic E-state index is 0.0162. The molecule has 0 spiro atoms. The summed E-state index contributed by atoms with van der Waals surface area (Å²) >= 11 is 0. The molecule has 0 amide bonds. The summed E-state index contributed by atoms with van der Waals surface area (Å²) in [5.41, 5.74) is 0.